The summed E-state index contributed by atoms with van der Waals surface area (Å²) in [5.74, 6) is -3.43. The monoisotopic (exact) mass is 381 g/mol. The van der Waals surface area contributed by atoms with Gasteiger partial charge in [0.25, 0.3) is 0 Å². The molecule has 0 amide bonds. The SMILES string of the molecule is O=S(=O)(c1ccccc1NCc1ccc(Br)s1)C(F)F. The van der Waals surface area contributed by atoms with E-state index in [1.54, 1.807) is 6.07 Å². The van der Waals surface area contributed by atoms with Crippen molar-refractivity contribution >= 4 is 42.8 Å². The number of rotatable bonds is 5. The molecule has 0 radical (unpaired) electrons. The van der Waals surface area contributed by atoms with Crippen molar-refractivity contribution in [3.05, 3.63) is 45.1 Å². The van der Waals surface area contributed by atoms with Gasteiger partial charge < -0.3 is 5.32 Å². The van der Waals surface area contributed by atoms with Gasteiger partial charge in [-0.25, -0.2) is 8.42 Å². The number of para-hydroxylation sites is 1. The Balaban J connectivity index is 2.25. The summed E-state index contributed by atoms with van der Waals surface area (Å²) in [5.41, 5.74) is 0.178. The van der Waals surface area contributed by atoms with Crippen molar-refractivity contribution in [3.8, 4) is 0 Å². The molecule has 0 saturated carbocycles. The molecule has 2 rings (SSSR count). The molecule has 0 aliphatic carbocycles. The summed E-state index contributed by atoms with van der Waals surface area (Å²) < 4.78 is 49.3. The second-order valence-corrected chi connectivity index (χ2v) is 8.29. The minimum Gasteiger partial charge on any atom is -0.379 e. The molecule has 8 heteroatoms. The van der Waals surface area contributed by atoms with E-state index in [2.05, 4.69) is 21.2 Å². The molecule has 0 bridgehead atoms. The van der Waals surface area contributed by atoms with Gasteiger partial charge in [0.05, 0.1) is 14.4 Å². The molecular weight excluding hydrogens is 372 g/mol. The molecule has 0 aliphatic heterocycles. The number of alkyl halides is 2. The largest absolute Gasteiger partial charge is 0.379 e. The maximum Gasteiger partial charge on any atom is 0.341 e. The Morgan fingerprint density at radius 3 is 2.50 bits per heavy atom. The number of thiophene rings is 1. The molecule has 1 aromatic heterocycles. The first-order valence-electron chi connectivity index (χ1n) is 5.50. The number of anilines is 1. The topological polar surface area (TPSA) is 46.2 Å². The number of hydrogen-bond acceptors (Lipinski definition) is 4. The molecular formula is C12H10BrF2NO2S2. The summed E-state index contributed by atoms with van der Waals surface area (Å²) in [5, 5.41) is 2.88. The van der Waals surface area contributed by atoms with Crippen LogP contribution in [-0.2, 0) is 16.4 Å². The van der Waals surface area contributed by atoms with Crippen molar-refractivity contribution < 1.29 is 17.2 Å². The molecule has 1 N–H and O–H groups in total. The van der Waals surface area contributed by atoms with Gasteiger partial charge in [0.2, 0.25) is 9.84 Å². The predicted octanol–water partition coefficient (Wildman–Crippen LogP) is 4.12. The maximum absolute atomic E-state index is 12.6. The molecule has 1 aromatic carbocycles. The van der Waals surface area contributed by atoms with Crippen LogP contribution in [0.3, 0.4) is 0 Å². The van der Waals surface area contributed by atoms with Gasteiger partial charge in [-0.1, -0.05) is 12.1 Å². The first-order chi connectivity index (χ1) is 9.41. The van der Waals surface area contributed by atoms with Crippen molar-refractivity contribution in [2.24, 2.45) is 0 Å². The Bertz CT molecular complexity index is 701. The molecule has 0 atom stereocenters. The summed E-state index contributed by atoms with van der Waals surface area (Å²) in [6.07, 6.45) is 0. The Morgan fingerprint density at radius 1 is 1.20 bits per heavy atom. The third-order valence-electron chi connectivity index (χ3n) is 2.51. The molecule has 0 fully saturated rings. The Labute approximate surface area is 127 Å². The van der Waals surface area contributed by atoms with Gasteiger partial charge in [-0.2, -0.15) is 8.78 Å². The lowest BCUT2D eigenvalue weighted by Crippen LogP contribution is -2.14. The molecule has 108 valence electrons. The van der Waals surface area contributed by atoms with E-state index in [4.69, 9.17) is 0 Å². The summed E-state index contributed by atoms with van der Waals surface area (Å²) >= 11 is 4.80. The van der Waals surface area contributed by atoms with Crippen LogP contribution in [0.15, 0.2) is 45.1 Å². The van der Waals surface area contributed by atoms with Crippen LogP contribution in [0.1, 0.15) is 4.88 Å². The predicted molar refractivity (Wildman–Crippen MR) is 79.0 cm³/mol. The van der Waals surface area contributed by atoms with E-state index in [0.717, 1.165) is 8.66 Å². The molecule has 0 unspecified atom stereocenters. The quantitative estimate of drug-likeness (QED) is 0.846. The average Bonchev–Trinajstić information content (AvgIpc) is 2.82. The minimum atomic E-state index is -4.61. The zero-order valence-corrected chi connectivity index (χ0v) is 13.2. The minimum absolute atomic E-state index is 0.178. The lowest BCUT2D eigenvalue weighted by molar-refractivity contribution is 0.235. The summed E-state index contributed by atoms with van der Waals surface area (Å²) in [6.45, 7) is 0.367. The zero-order chi connectivity index (χ0) is 14.8. The Morgan fingerprint density at radius 2 is 1.90 bits per heavy atom. The first kappa shape index (κ1) is 15.4. The molecule has 20 heavy (non-hydrogen) atoms. The van der Waals surface area contributed by atoms with Crippen LogP contribution in [0.5, 0.6) is 0 Å². The van der Waals surface area contributed by atoms with Crippen LogP contribution < -0.4 is 5.32 Å². The number of benzene rings is 1. The van der Waals surface area contributed by atoms with Crippen molar-refractivity contribution in [1.29, 1.82) is 0 Å². The number of hydrogen-bond donors (Lipinski definition) is 1. The molecule has 0 aliphatic rings. The van der Waals surface area contributed by atoms with E-state index in [9.17, 15) is 17.2 Å². The van der Waals surface area contributed by atoms with Crippen molar-refractivity contribution in [2.45, 2.75) is 17.2 Å². The summed E-state index contributed by atoms with van der Waals surface area (Å²) in [7, 11) is -4.61. The van der Waals surface area contributed by atoms with Crippen LogP contribution in [0.2, 0.25) is 0 Å². The second-order valence-electron chi connectivity index (χ2n) is 3.86. The van der Waals surface area contributed by atoms with E-state index >= 15 is 0 Å². The molecule has 2 aromatic rings. The van der Waals surface area contributed by atoms with Gasteiger partial charge in [-0.15, -0.1) is 11.3 Å². The van der Waals surface area contributed by atoms with Gasteiger partial charge in [-0.3, -0.25) is 0 Å². The highest BCUT2D eigenvalue weighted by Crippen LogP contribution is 2.28. The van der Waals surface area contributed by atoms with Crippen molar-refractivity contribution in [3.63, 3.8) is 0 Å². The molecule has 0 saturated heterocycles. The van der Waals surface area contributed by atoms with Crippen LogP contribution in [0.4, 0.5) is 14.5 Å². The first-order valence-corrected chi connectivity index (χ1v) is 8.66. The lowest BCUT2D eigenvalue weighted by Gasteiger charge is -2.11. The van der Waals surface area contributed by atoms with E-state index in [0.29, 0.717) is 6.54 Å². The van der Waals surface area contributed by atoms with Gasteiger partial charge >= 0.3 is 5.76 Å². The number of nitrogens with one attached hydrogen (secondary N) is 1. The van der Waals surface area contributed by atoms with E-state index in [-0.39, 0.29) is 10.6 Å². The Hall–Kier alpha value is -0.990. The van der Waals surface area contributed by atoms with Crippen molar-refractivity contribution in [2.75, 3.05) is 5.32 Å². The lowest BCUT2D eigenvalue weighted by atomic mass is 10.3. The fraction of sp³-hybridized carbons (Fsp3) is 0.167. The summed E-state index contributed by atoms with van der Waals surface area (Å²) in [6, 6.07) is 9.39. The van der Waals surface area contributed by atoms with Gasteiger partial charge in [0.1, 0.15) is 0 Å². The zero-order valence-electron chi connectivity index (χ0n) is 10.0. The number of halogens is 3. The smallest absolute Gasteiger partial charge is 0.341 e. The van der Waals surface area contributed by atoms with Crippen molar-refractivity contribution in [1.82, 2.24) is 0 Å². The molecule has 1 heterocycles. The van der Waals surface area contributed by atoms with Crippen LogP contribution in [0.25, 0.3) is 0 Å². The van der Waals surface area contributed by atoms with Crippen LogP contribution >= 0.6 is 27.3 Å². The van der Waals surface area contributed by atoms with Gasteiger partial charge in [0.15, 0.2) is 0 Å². The summed E-state index contributed by atoms with van der Waals surface area (Å²) in [4.78, 5) is 0.576. The third-order valence-corrected chi connectivity index (χ3v) is 5.57. The Kier molecular flexibility index (Phi) is 4.77. The fourth-order valence-corrected chi connectivity index (χ4v) is 3.92. The van der Waals surface area contributed by atoms with E-state index < -0.39 is 15.6 Å². The normalized spacial score (nSPS) is 11.8. The standard InChI is InChI=1S/C12H10BrF2NO2S2/c13-11-6-5-8(19-11)7-16-9-3-1-2-4-10(9)20(17,18)12(14)15/h1-6,12,16H,7H2. The van der Waals surface area contributed by atoms with Gasteiger partial charge in [0, 0.05) is 11.4 Å². The van der Waals surface area contributed by atoms with E-state index in [1.165, 1.54) is 29.5 Å². The average molecular weight is 382 g/mol. The molecule has 3 nitrogen and oxygen atoms in total. The fourth-order valence-electron chi connectivity index (χ4n) is 1.59. The van der Waals surface area contributed by atoms with Crippen LogP contribution in [0, 0.1) is 0 Å². The third kappa shape index (κ3) is 3.36. The number of sulfone groups is 1. The maximum atomic E-state index is 12.6. The second kappa shape index (κ2) is 6.19. The molecule has 0 spiro atoms. The van der Waals surface area contributed by atoms with Gasteiger partial charge in [-0.05, 0) is 40.2 Å². The van der Waals surface area contributed by atoms with E-state index in [1.807, 2.05) is 12.1 Å². The van der Waals surface area contributed by atoms with Crippen LogP contribution in [-0.4, -0.2) is 14.2 Å². The highest BCUT2D eigenvalue weighted by Gasteiger charge is 2.28. The highest BCUT2D eigenvalue weighted by molar-refractivity contribution is 9.11. The highest BCUT2D eigenvalue weighted by atomic mass is 79.9.